The van der Waals surface area contributed by atoms with E-state index >= 15 is 0 Å². The quantitative estimate of drug-likeness (QED) is 0.770. The van der Waals surface area contributed by atoms with Crippen LogP contribution >= 0.6 is 11.3 Å². The first-order valence-corrected chi connectivity index (χ1v) is 6.02. The number of carbonyl (C=O) groups is 1. The van der Waals surface area contributed by atoms with E-state index in [4.69, 9.17) is 5.14 Å². The predicted molar refractivity (Wildman–Crippen MR) is 50.3 cm³/mol. The largest absolute Gasteiger partial charge is 0.294 e. The molecule has 0 fully saturated rings. The number of nitrogens with two attached hydrogens (primary N) is 1. The van der Waals surface area contributed by atoms with Crippen LogP contribution in [0.1, 0.15) is 23.7 Å². The number of thiophene rings is 1. The van der Waals surface area contributed by atoms with E-state index in [1.807, 2.05) is 0 Å². The van der Waals surface area contributed by atoms with E-state index in [9.17, 15) is 13.2 Å². The Morgan fingerprint density at radius 2 is 2.23 bits per heavy atom. The molecule has 1 rings (SSSR count). The zero-order chi connectivity index (χ0) is 10.1. The van der Waals surface area contributed by atoms with E-state index in [-0.39, 0.29) is 9.99 Å². The summed E-state index contributed by atoms with van der Waals surface area (Å²) in [5.74, 6) is -0.0776. The summed E-state index contributed by atoms with van der Waals surface area (Å²) in [6.45, 7) is 1.72. The summed E-state index contributed by atoms with van der Waals surface area (Å²) >= 11 is 0.966. The number of primary sulfonamides is 1. The minimum Gasteiger partial charge on any atom is -0.294 e. The van der Waals surface area contributed by atoms with E-state index in [1.165, 1.54) is 11.4 Å². The molecule has 0 amide bonds. The van der Waals surface area contributed by atoms with Crippen LogP contribution in [0.5, 0.6) is 0 Å². The molecule has 0 aromatic carbocycles. The molecule has 0 aliphatic heterocycles. The zero-order valence-electron chi connectivity index (χ0n) is 6.98. The molecule has 4 nitrogen and oxygen atoms in total. The van der Waals surface area contributed by atoms with Crippen molar-refractivity contribution < 1.29 is 13.2 Å². The molecule has 13 heavy (non-hydrogen) atoms. The second kappa shape index (κ2) is 3.57. The second-order valence-corrected chi connectivity index (χ2v) is 5.18. The van der Waals surface area contributed by atoms with Crippen LogP contribution < -0.4 is 5.14 Å². The Morgan fingerprint density at radius 1 is 1.62 bits per heavy atom. The van der Waals surface area contributed by atoms with E-state index in [1.54, 1.807) is 6.92 Å². The maximum absolute atomic E-state index is 11.1. The highest BCUT2D eigenvalue weighted by atomic mass is 32.2. The lowest BCUT2D eigenvalue weighted by atomic mass is 10.2. The van der Waals surface area contributed by atoms with Gasteiger partial charge in [0.1, 0.15) is 4.21 Å². The first-order chi connectivity index (χ1) is 5.95. The van der Waals surface area contributed by atoms with Crippen LogP contribution in [-0.4, -0.2) is 14.2 Å². The van der Waals surface area contributed by atoms with Crippen molar-refractivity contribution in [2.75, 3.05) is 0 Å². The minimum atomic E-state index is -3.66. The Balaban J connectivity index is 3.07. The highest BCUT2D eigenvalue weighted by Gasteiger charge is 2.13. The van der Waals surface area contributed by atoms with Gasteiger partial charge in [0.05, 0.1) is 0 Å². The van der Waals surface area contributed by atoms with Crippen molar-refractivity contribution in [3.8, 4) is 0 Å². The molecule has 2 N–H and O–H groups in total. The molecule has 72 valence electrons. The van der Waals surface area contributed by atoms with E-state index in [0.717, 1.165) is 11.3 Å². The standard InChI is InChI=1S/C7H9NO3S2/c1-2-6(9)5-3-7(12-4-5)13(8,10)11/h3-4H,2H2,1H3,(H2,8,10,11). The van der Waals surface area contributed by atoms with Crippen molar-refractivity contribution in [2.24, 2.45) is 5.14 Å². The van der Waals surface area contributed by atoms with E-state index in [2.05, 4.69) is 0 Å². The summed E-state index contributed by atoms with van der Waals surface area (Å²) in [5.41, 5.74) is 0.413. The Bertz CT molecular complexity index is 419. The fourth-order valence-electron chi connectivity index (χ4n) is 0.816. The average Bonchev–Trinajstić information content (AvgIpc) is 2.50. The van der Waals surface area contributed by atoms with Crippen molar-refractivity contribution in [2.45, 2.75) is 17.6 Å². The van der Waals surface area contributed by atoms with E-state index in [0.29, 0.717) is 12.0 Å². The SMILES string of the molecule is CCC(=O)c1csc(S(N)(=O)=O)c1. The van der Waals surface area contributed by atoms with Gasteiger partial charge in [0.25, 0.3) is 0 Å². The van der Waals surface area contributed by atoms with Crippen LogP contribution in [0.3, 0.4) is 0 Å². The van der Waals surface area contributed by atoms with Crippen molar-refractivity contribution in [1.82, 2.24) is 0 Å². The molecular formula is C7H9NO3S2. The van der Waals surface area contributed by atoms with Gasteiger partial charge >= 0.3 is 0 Å². The number of hydrogen-bond acceptors (Lipinski definition) is 4. The van der Waals surface area contributed by atoms with Crippen LogP contribution in [0.2, 0.25) is 0 Å². The first-order valence-electron chi connectivity index (χ1n) is 3.59. The van der Waals surface area contributed by atoms with Crippen LogP contribution in [-0.2, 0) is 10.0 Å². The monoisotopic (exact) mass is 219 g/mol. The van der Waals surface area contributed by atoms with Crippen molar-refractivity contribution in [3.63, 3.8) is 0 Å². The number of hydrogen-bond donors (Lipinski definition) is 1. The van der Waals surface area contributed by atoms with Crippen molar-refractivity contribution in [3.05, 3.63) is 17.0 Å². The highest BCUT2D eigenvalue weighted by Crippen LogP contribution is 2.19. The Kier molecular flexibility index (Phi) is 2.84. The number of ketones is 1. The van der Waals surface area contributed by atoms with Gasteiger partial charge in [0.15, 0.2) is 5.78 Å². The van der Waals surface area contributed by atoms with E-state index < -0.39 is 10.0 Å². The third kappa shape index (κ3) is 2.36. The minimum absolute atomic E-state index is 0.0318. The molecule has 0 spiro atoms. The van der Waals surface area contributed by atoms with Crippen molar-refractivity contribution in [1.29, 1.82) is 0 Å². The maximum atomic E-state index is 11.1. The van der Waals surface area contributed by atoms with Crippen LogP contribution in [0.25, 0.3) is 0 Å². The average molecular weight is 219 g/mol. The van der Waals surface area contributed by atoms with Crippen LogP contribution in [0, 0.1) is 0 Å². The molecule has 0 saturated carbocycles. The van der Waals surface area contributed by atoms with Gasteiger partial charge in [-0.25, -0.2) is 13.6 Å². The summed E-state index contributed by atoms with van der Waals surface area (Å²) in [6.07, 6.45) is 0.362. The molecule has 0 unspecified atom stereocenters. The van der Waals surface area contributed by atoms with Gasteiger partial charge in [0, 0.05) is 17.4 Å². The van der Waals surface area contributed by atoms with Gasteiger partial charge in [-0.05, 0) is 6.07 Å². The molecule has 1 heterocycles. The molecule has 6 heteroatoms. The van der Waals surface area contributed by atoms with Gasteiger partial charge in [-0.15, -0.1) is 11.3 Å². The Morgan fingerprint density at radius 3 is 2.62 bits per heavy atom. The summed E-state index contributed by atoms with van der Waals surface area (Å²) in [5, 5.41) is 6.39. The van der Waals surface area contributed by atoms with Crippen molar-refractivity contribution >= 4 is 27.1 Å². The third-order valence-corrected chi connectivity index (χ3v) is 3.89. The molecule has 0 aliphatic rings. The van der Waals surface area contributed by atoms with Crippen LogP contribution in [0.4, 0.5) is 0 Å². The number of Topliss-reactive ketones (excluding diaryl/α,β-unsaturated/α-hetero) is 1. The lowest BCUT2D eigenvalue weighted by molar-refractivity contribution is 0.0988. The van der Waals surface area contributed by atoms with Gasteiger partial charge in [-0.3, -0.25) is 4.79 Å². The number of sulfonamides is 1. The fraction of sp³-hybridized carbons (Fsp3) is 0.286. The van der Waals surface area contributed by atoms with Crippen LogP contribution in [0.15, 0.2) is 15.7 Å². The molecule has 0 atom stereocenters. The normalized spacial score (nSPS) is 11.5. The molecule has 0 aliphatic carbocycles. The molecule has 1 aromatic heterocycles. The number of carbonyl (C=O) groups excluding carboxylic acids is 1. The highest BCUT2D eigenvalue weighted by molar-refractivity contribution is 7.91. The summed E-state index contributed by atoms with van der Waals surface area (Å²) < 4.78 is 21.7. The predicted octanol–water partition coefficient (Wildman–Crippen LogP) is 0.988. The summed E-state index contributed by atoms with van der Waals surface area (Å²) in [7, 11) is -3.66. The van der Waals surface area contributed by atoms with Gasteiger partial charge in [-0.2, -0.15) is 0 Å². The summed E-state index contributed by atoms with van der Waals surface area (Å²) in [4.78, 5) is 11.1. The molecule has 0 saturated heterocycles. The zero-order valence-corrected chi connectivity index (χ0v) is 8.61. The topological polar surface area (TPSA) is 77.2 Å². The lowest BCUT2D eigenvalue weighted by Gasteiger charge is -1.90. The fourth-order valence-corrected chi connectivity index (χ4v) is 2.43. The maximum Gasteiger partial charge on any atom is 0.247 e. The first kappa shape index (κ1) is 10.4. The van der Waals surface area contributed by atoms with Gasteiger partial charge < -0.3 is 0 Å². The van der Waals surface area contributed by atoms with Gasteiger partial charge in [0.2, 0.25) is 10.0 Å². The molecule has 0 bridgehead atoms. The van der Waals surface area contributed by atoms with Gasteiger partial charge in [-0.1, -0.05) is 6.92 Å². The molecule has 1 aromatic rings. The molecular weight excluding hydrogens is 210 g/mol. The second-order valence-electron chi connectivity index (χ2n) is 2.48. The summed E-state index contributed by atoms with van der Waals surface area (Å²) in [6, 6.07) is 1.31. The lowest BCUT2D eigenvalue weighted by Crippen LogP contribution is -2.10. The molecule has 0 radical (unpaired) electrons. The Labute approximate surface area is 80.4 Å². The number of rotatable bonds is 3. The third-order valence-electron chi connectivity index (χ3n) is 1.50. The Hall–Kier alpha value is -0.720. The smallest absolute Gasteiger partial charge is 0.247 e.